The number of anilines is 1. The van der Waals surface area contributed by atoms with Crippen LogP contribution in [0.1, 0.15) is 12.5 Å². The van der Waals surface area contributed by atoms with E-state index in [0.29, 0.717) is 5.69 Å². The van der Waals surface area contributed by atoms with Crippen LogP contribution in [0.4, 0.5) is 16.2 Å². The van der Waals surface area contributed by atoms with Crippen LogP contribution in [0.25, 0.3) is 10.8 Å². The topological polar surface area (TPSA) is 128 Å². The van der Waals surface area contributed by atoms with Gasteiger partial charge in [0.2, 0.25) is 0 Å². The summed E-state index contributed by atoms with van der Waals surface area (Å²) in [5.41, 5.74) is 1.05. The maximum Gasteiger partial charge on any atom is 0.319 e. The van der Waals surface area contributed by atoms with Crippen molar-refractivity contribution in [2.24, 2.45) is 0 Å². The minimum atomic E-state index is -0.978. The lowest BCUT2D eigenvalue weighted by Crippen LogP contribution is -2.49. The second-order valence-corrected chi connectivity index (χ2v) is 7.02. The highest BCUT2D eigenvalue weighted by molar-refractivity contribution is 5.94. The molecule has 0 bridgehead atoms. The monoisotopic (exact) mass is 431 g/mol. The molecular weight excluding hydrogens is 410 g/mol. The van der Waals surface area contributed by atoms with E-state index in [4.69, 9.17) is 0 Å². The lowest BCUT2D eigenvalue weighted by Gasteiger charge is -2.22. The molecule has 0 heterocycles. The van der Waals surface area contributed by atoms with E-state index < -0.39 is 22.9 Å². The van der Waals surface area contributed by atoms with Gasteiger partial charge in [-0.05, 0) is 35.4 Å². The van der Waals surface area contributed by atoms with Crippen LogP contribution < -0.4 is 10.6 Å². The van der Waals surface area contributed by atoms with Crippen molar-refractivity contribution in [3.63, 3.8) is 0 Å². The lowest BCUT2D eigenvalue weighted by atomic mass is 10.0. The first-order valence-electron chi connectivity index (χ1n) is 9.92. The summed E-state index contributed by atoms with van der Waals surface area (Å²) in [6.45, 7) is 1.85. The number of amides is 3. The fraction of sp³-hybridized carbons (Fsp3) is 0.174. The van der Waals surface area contributed by atoms with Crippen molar-refractivity contribution >= 4 is 34.1 Å². The predicted octanol–water partition coefficient (Wildman–Crippen LogP) is 3.81. The average molecular weight is 431 g/mol. The number of carbonyl (C=O) groups excluding carboxylic acids is 2. The molecule has 3 rings (SSSR count). The molecule has 3 amide bonds. The van der Waals surface area contributed by atoms with Crippen LogP contribution in [0.15, 0.2) is 66.7 Å². The first kappa shape index (κ1) is 22.2. The minimum absolute atomic E-state index is 0.104. The largest absolute Gasteiger partial charge is 0.326 e. The van der Waals surface area contributed by atoms with Gasteiger partial charge in [0.15, 0.2) is 6.19 Å². The molecule has 9 heteroatoms. The molecule has 0 saturated carbocycles. The Hall–Kier alpha value is -4.45. The fourth-order valence-electron chi connectivity index (χ4n) is 3.26. The summed E-state index contributed by atoms with van der Waals surface area (Å²) in [5, 5.41) is 27.3. The number of benzene rings is 3. The number of hydrogen-bond donors (Lipinski definition) is 2. The highest BCUT2D eigenvalue weighted by Crippen LogP contribution is 2.18. The van der Waals surface area contributed by atoms with Gasteiger partial charge in [-0.25, -0.2) is 9.69 Å². The molecule has 1 unspecified atom stereocenters. The van der Waals surface area contributed by atoms with Crippen molar-refractivity contribution in [2.75, 3.05) is 11.9 Å². The van der Waals surface area contributed by atoms with Gasteiger partial charge in [-0.3, -0.25) is 14.9 Å². The minimum Gasteiger partial charge on any atom is -0.326 e. The SMILES string of the molecule is CCN(C#N)C(=O)C(Cc1ccc2ccccc2c1)NC(=O)Nc1ccc([N+](=O)[O-])cc1. The summed E-state index contributed by atoms with van der Waals surface area (Å²) in [7, 11) is 0. The van der Waals surface area contributed by atoms with Gasteiger partial charge in [0.05, 0.1) is 4.92 Å². The molecule has 9 nitrogen and oxygen atoms in total. The average Bonchev–Trinajstić information content (AvgIpc) is 2.79. The smallest absolute Gasteiger partial charge is 0.319 e. The second kappa shape index (κ2) is 10.0. The van der Waals surface area contributed by atoms with Crippen molar-refractivity contribution in [1.82, 2.24) is 10.2 Å². The number of nitro benzene ring substituents is 1. The quantitative estimate of drug-likeness (QED) is 0.254. The molecule has 0 aliphatic heterocycles. The number of rotatable bonds is 7. The number of urea groups is 1. The Kier molecular flexibility index (Phi) is 6.98. The summed E-state index contributed by atoms with van der Waals surface area (Å²) in [6, 6.07) is 17.2. The van der Waals surface area contributed by atoms with E-state index in [0.717, 1.165) is 21.2 Å². The number of carbonyl (C=O) groups is 2. The molecule has 0 fully saturated rings. The predicted molar refractivity (Wildman–Crippen MR) is 120 cm³/mol. The van der Waals surface area contributed by atoms with Crippen molar-refractivity contribution in [1.29, 1.82) is 5.26 Å². The molecule has 0 aromatic heterocycles. The van der Waals surface area contributed by atoms with Gasteiger partial charge in [-0.15, -0.1) is 0 Å². The molecule has 1 atom stereocenters. The molecule has 0 saturated heterocycles. The van der Waals surface area contributed by atoms with E-state index in [-0.39, 0.29) is 18.7 Å². The number of nitrogens with one attached hydrogen (secondary N) is 2. The zero-order valence-electron chi connectivity index (χ0n) is 17.3. The van der Waals surface area contributed by atoms with Gasteiger partial charge in [0.25, 0.3) is 11.6 Å². The van der Waals surface area contributed by atoms with Crippen molar-refractivity contribution in [3.8, 4) is 6.19 Å². The Bertz CT molecular complexity index is 1190. The summed E-state index contributed by atoms with van der Waals surface area (Å²) in [6.07, 6.45) is 2.03. The van der Waals surface area contributed by atoms with Crippen LogP contribution in [0.3, 0.4) is 0 Å². The van der Waals surface area contributed by atoms with E-state index in [1.807, 2.05) is 48.7 Å². The van der Waals surface area contributed by atoms with E-state index >= 15 is 0 Å². The van der Waals surface area contributed by atoms with E-state index in [2.05, 4.69) is 10.6 Å². The summed E-state index contributed by atoms with van der Waals surface area (Å²) in [4.78, 5) is 36.6. The van der Waals surface area contributed by atoms with Gasteiger partial charge in [0.1, 0.15) is 6.04 Å². The number of likely N-dealkylation sites (N-methyl/N-ethyl adjacent to an activating group) is 1. The number of fused-ring (bicyclic) bond motifs is 1. The Morgan fingerprint density at radius 1 is 1.09 bits per heavy atom. The third-order valence-corrected chi connectivity index (χ3v) is 4.90. The van der Waals surface area contributed by atoms with Gasteiger partial charge in [-0.2, -0.15) is 5.26 Å². The van der Waals surface area contributed by atoms with Crippen LogP contribution >= 0.6 is 0 Å². The third-order valence-electron chi connectivity index (χ3n) is 4.90. The Morgan fingerprint density at radius 3 is 2.41 bits per heavy atom. The molecule has 32 heavy (non-hydrogen) atoms. The molecular formula is C23H21N5O4. The summed E-state index contributed by atoms with van der Waals surface area (Å²) in [5.74, 6) is -0.526. The first-order chi connectivity index (χ1) is 15.4. The molecule has 2 N–H and O–H groups in total. The zero-order valence-corrected chi connectivity index (χ0v) is 17.3. The van der Waals surface area contributed by atoms with Crippen molar-refractivity contribution in [2.45, 2.75) is 19.4 Å². The Morgan fingerprint density at radius 2 is 1.78 bits per heavy atom. The summed E-state index contributed by atoms with van der Waals surface area (Å²) < 4.78 is 0. The Balaban J connectivity index is 1.78. The van der Waals surface area contributed by atoms with Gasteiger partial charge >= 0.3 is 6.03 Å². The standard InChI is InChI=1S/C23H21N5O4/c1-2-27(15-24)22(29)21(14-16-7-8-17-5-3-4-6-18(17)13-16)26-23(30)25-19-9-11-20(12-10-19)28(31)32/h3-13,21H,2,14H2,1H3,(H2,25,26,30). The normalized spacial score (nSPS) is 11.2. The Labute approximate surface area is 184 Å². The van der Waals surface area contributed by atoms with Crippen LogP contribution in [-0.4, -0.2) is 34.3 Å². The first-order valence-corrected chi connectivity index (χ1v) is 9.92. The summed E-state index contributed by atoms with van der Waals surface area (Å²) >= 11 is 0. The highest BCUT2D eigenvalue weighted by atomic mass is 16.6. The number of non-ortho nitro benzene ring substituents is 1. The lowest BCUT2D eigenvalue weighted by molar-refractivity contribution is -0.384. The third kappa shape index (κ3) is 5.37. The fourth-order valence-corrected chi connectivity index (χ4v) is 3.26. The molecule has 0 radical (unpaired) electrons. The number of nitriles is 1. The van der Waals surface area contributed by atoms with E-state index in [1.165, 1.54) is 24.3 Å². The second-order valence-electron chi connectivity index (χ2n) is 7.02. The molecule has 0 spiro atoms. The molecule has 0 aliphatic rings. The van der Waals surface area contributed by atoms with Crippen molar-refractivity contribution in [3.05, 3.63) is 82.4 Å². The van der Waals surface area contributed by atoms with Gasteiger partial charge < -0.3 is 10.6 Å². The molecule has 0 aliphatic carbocycles. The maximum atomic E-state index is 12.9. The van der Waals surface area contributed by atoms with Crippen LogP contribution in [0.5, 0.6) is 0 Å². The van der Waals surface area contributed by atoms with E-state index in [1.54, 1.807) is 6.92 Å². The maximum absolute atomic E-state index is 12.9. The molecule has 3 aromatic rings. The highest BCUT2D eigenvalue weighted by Gasteiger charge is 2.26. The van der Waals surface area contributed by atoms with E-state index in [9.17, 15) is 25.0 Å². The number of nitro groups is 1. The van der Waals surface area contributed by atoms with Gasteiger partial charge in [0, 0.05) is 30.8 Å². The number of nitrogens with zero attached hydrogens (tertiary/aromatic N) is 3. The molecule has 3 aromatic carbocycles. The van der Waals surface area contributed by atoms with Crippen LogP contribution in [0.2, 0.25) is 0 Å². The zero-order chi connectivity index (χ0) is 23.1. The molecule has 162 valence electrons. The van der Waals surface area contributed by atoms with Crippen molar-refractivity contribution < 1.29 is 14.5 Å². The van der Waals surface area contributed by atoms with Crippen LogP contribution in [0, 0.1) is 21.6 Å². The van der Waals surface area contributed by atoms with Gasteiger partial charge in [-0.1, -0.05) is 42.5 Å². The number of hydrogen-bond acceptors (Lipinski definition) is 5. The van der Waals surface area contributed by atoms with Crippen LogP contribution in [-0.2, 0) is 11.2 Å².